The summed E-state index contributed by atoms with van der Waals surface area (Å²) in [6.07, 6.45) is -0.153. The van der Waals surface area contributed by atoms with E-state index in [-0.39, 0.29) is 12.5 Å². The number of aliphatic imine (C=N–C) groups is 1. The van der Waals surface area contributed by atoms with Crippen molar-refractivity contribution < 1.29 is 29.0 Å². The molecule has 4 atom stereocenters. The first-order valence-corrected chi connectivity index (χ1v) is 9.92. The average Bonchev–Trinajstić information content (AvgIpc) is 3.09. The Hall–Kier alpha value is -2.69. The molecule has 30 heavy (non-hydrogen) atoms. The van der Waals surface area contributed by atoms with Gasteiger partial charge in [-0.25, -0.2) is 9.79 Å². The first kappa shape index (κ1) is 23.6. The number of likely N-dealkylation sites (tertiary alicyclic amines) is 2. The van der Waals surface area contributed by atoms with Crippen LogP contribution in [0.1, 0.15) is 47.5 Å². The molecule has 11 nitrogen and oxygen atoms in total. The summed E-state index contributed by atoms with van der Waals surface area (Å²) in [5.41, 5.74) is 3.23. The van der Waals surface area contributed by atoms with E-state index in [0.717, 1.165) is 6.34 Å². The minimum atomic E-state index is -1.27. The predicted molar refractivity (Wildman–Crippen MR) is 107 cm³/mol. The number of hydrogen-bond acceptors (Lipinski definition) is 6. The van der Waals surface area contributed by atoms with Crippen molar-refractivity contribution in [2.24, 2.45) is 10.7 Å². The minimum Gasteiger partial charge on any atom is -0.444 e. The van der Waals surface area contributed by atoms with Crippen LogP contribution >= 0.6 is 0 Å². The van der Waals surface area contributed by atoms with Gasteiger partial charge in [-0.3, -0.25) is 14.4 Å². The molecule has 2 saturated heterocycles. The molecule has 0 aliphatic carbocycles. The molecule has 2 rings (SSSR count). The Morgan fingerprint density at radius 3 is 2.57 bits per heavy atom. The van der Waals surface area contributed by atoms with E-state index in [1.54, 1.807) is 27.7 Å². The van der Waals surface area contributed by atoms with E-state index < -0.39 is 47.2 Å². The Kier molecular flexibility index (Phi) is 6.75. The van der Waals surface area contributed by atoms with Gasteiger partial charge in [0.2, 0.25) is 5.91 Å². The Labute approximate surface area is 175 Å². The zero-order valence-electron chi connectivity index (χ0n) is 18.0. The smallest absolute Gasteiger partial charge is 0.408 e. The van der Waals surface area contributed by atoms with Crippen molar-refractivity contribution in [3.63, 3.8) is 0 Å². The van der Waals surface area contributed by atoms with Crippen molar-refractivity contribution in [2.75, 3.05) is 13.1 Å². The van der Waals surface area contributed by atoms with Crippen molar-refractivity contribution in [3.05, 3.63) is 0 Å². The van der Waals surface area contributed by atoms with E-state index in [4.69, 9.17) is 10.5 Å². The lowest BCUT2D eigenvalue weighted by atomic mass is 9.77. The highest BCUT2D eigenvalue weighted by Crippen LogP contribution is 2.44. The second-order valence-electron chi connectivity index (χ2n) is 8.66. The number of β-lactam (4-membered cyclic amide) rings is 1. The highest BCUT2D eigenvalue weighted by molar-refractivity contribution is 6.02. The summed E-state index contributed by atoms with van der Waals surface area (Å²) in [5.74, 6) is -1.49. The molecule has 0 saturated carbocycles. The fourth-order valence-corrected chi connectivity index (χ4v) is 4.07. The molecule has 0 aromatic heterocycles. The van der Waals surface area contributed by atoms with Gasteiger partial charge in [-0.15, -0.1) is 0 Å². The number of alkyl carbamates (subject to hydrolysis) is 1. The molecular formula is C19H31N5O6. The summed E-state index contributed by atoms with van der Waals surface area (Å²) in [5, 5.41) is 12.5. The molecule has 2 heterocycles. The van der Waals surface area contributed by atoms with Crippen molar-refractivity contribution in [1.29, 1.82) is 0 Å². The van der Waals surface area contributed by atoms with E-state index in [1.807, 2.05) is 0 Å². The van der Waals surface area contributed by atoms with E-state index in [9.17, 15) is 24.3 Å². The Morgan fingerprint density at radius 2 is 2.07 bits per heavy atom. The SMILES string of the molecule is CC1N(CC(=O)N=CN)C(=O)C12CCCN2C(=O)C(NC(=O)OC(C)(C)C)[C@@H](C)O. The van der Waals surface area contributed by atoms with E-state index >= 15 is 0 Å². The molecular weight excluding hydrogens is 394 g/mol. The normalized spacial score (nSPS) is 25.9. The van der Waals surface area contributed by atoms with Crippen LogP contribution in [0.5, 0.6) is 0 Å². The Morgan fingerprint density at radius 1 is 1.43 bits per heavy atom. The molecule has 2 aliphatic heterocycles. The zero-order chi connectivity index (χ0) is 22.9. The standard InChI is InChI=1S/C19H31N5O6/c1-11(25)14(22-17(29)30-18(3,4)5)15(27)24-8-6-7-19(24)12(2)23(16(19)28)9-13(26)21-10-20/h10-12,14,25H,6-9H2,1-5H3,(H,22,29)(H2,20,21,26)/t11-,12?,14?,19?/m1/s1. The molecule has 11 heteroatoms. The molecule has 0 aromatic carbocycles. The zero-order valence-corrected chi connectivity index (χ0v) is 18.0. The molecule has 0 bridgehead atoms. The number of aliphatic hydroxyl groups is 1. The topological polar surface area (TPSA) is 155 Å². The van der Waals surface area contributed by atoms with Crippen molar-refractivity contribution in [2.45, 2.75) is 76.8 Å². The maximum Gasteiger partial charge on any atom is 0.408 e. The van der Waals surface area contributed by atoms with Crippen LogP contribution in [0.3, 0.4) is 0 Å². The highest BCUT2D eigenvalue weighted by Gasteiger charge is 2.65. The summed E-state index contributed by atoms with van der Waals surface area (Å²) in [6.45, 7) is 8.25. The lowest BCUT2D eigenvalue weighted by Gasteiger charge is -2.56. The quantitative estimate of drug-likeness (QED) is 0.301. The third kappa shape index (κ3) is 4.40. The van der Waals surface area contributed by atoms with Gasteiger partial charge in [0.25, 0.3) is 11.8 Å². The fourth-order valence-electron chi connectivity index (χ4n) is 4.07. The van der Waals surface area contributed by atoms with Crippen LogP contribution in [-0.2, 0) is 19.1 Å². The van der Waals surface area contributed by atoms with Crippen LogP contribution in [0.2, 0.25) is 0 Å². The molecule has 3 unspecified atom stereocenters. The summed E-state index contributed by atoms with van der Waals surface area (Å²) in [7, 11) is 0. The second kappa shape index (κ2) is 8.58. The van der Waals surface area contributed by atoms with Crippen LogP contribution in [0.25, 0.3) is 0 Å². The summed E-state index contributed by atoms with van der Waals surface area (Å²) in [6, 6.07) is -1.70. The van der Waals surface area contributed by atoms with E-state index in [1.165, 1.54) is 16.7 Å². The van der Waals surface area contributed by atoms with Crippen LogP contribution in [0, 0.1) is 0 Å². The summed E-state index contributed by atoms with van der Waals surface area (Å²) < 4.78 is 5.18. The van der Waals surface area contributed by atoms with Crippen molar-refractivity contribution >= 4 is 30.2 Å². The average molecular weight is 425 g/mol. The lowest BCUT2D eigenvalue weighted by Crippen LogP contribution is -2.79. The van der Waals surface area contributed by atoms with Crippen LogP contribution in [0.4, 0.5) is 4.79 Å². The molecule has 2 fully saturated rings. The monoisotopic (exact) mass is 425 g/mol. The van der Waals surface area contributed by atoms with Crippen molar-refractivity contribution in [3.8, 4) is 0 Å². The third-order valence-corrected chi connectivity index (χ3v) is 5.42. The number of nitrogens with zero attached hydrogens (tertiary/aromatic N) is 3. The van der Waals surface area contributed by atoms with Gasteiger partial charge in [-0.05, 0) is 47.5 Å². The fraction of sp³-hybridized carbons (Fsp3) is 0.737. The summed E-state index contributed by atoms with van der Waals surface area (Å²) >= 11 is 0. The summed E-state index contributed by atoms with van der Waals surface area (Å²) in [4.78, 5) is 56.3. The van der Waals surface area contributed by atoms with E-state index in [0.29, 0.717) is 19.4 Å². The molecule has 4 amide bonds. The van der Waals surface area contributed by atoms with Gasteiger partial charge in [0.15, 0.2) is 0 Å². The maximum atomic E-state index is 13.2. The number of nitrogens with one attached hydrogen (secondary N) is 1. The van der Waals surface area contributed by atoms with Gasteiger partial charge < -0.3 is 30.7 Å². The second-order valence-corrected chi connectivity index (χ2v) is 8.66. The van der Waals surface area contributed by atoms with Crippen LogP contribution in [-0.4, -0.2) is 87.5 Å². The first-order valence-electron chi connectivity index (χ1n) is 9.92. The molecule has 0 aromatic rings. The Bertz CT molecular complexity index is 746. The predicted octanol–water partition coefficient (Wildman–Crippen LogP) is -0.634. The molecule has 2 aliphatic rings. The van der Waals surface area contributed by atoms with Crippen molar-refractivity contribution in [1.82, 2.24) is 15.1 Å². The van der Waals surface area contributed by atoms with Gasteiger partial charge in [0, 0.05) is 6.54 Å². The Balaban J connectivity index is 2.18. The first-order chi connectivity index (χ1) is 13.8. The number of aliphatic hydroxyl groups excluding tert-OH is 1. The molecule has 4 N–H and O–H groups in total. The molecule has 0 radical (unpaired) electrons. The number of amides is 4. The van der Waals surface area contributed by atoms with Gasteiger partial charge >= 0.3 is 6.09 Å². The highest BCUT2D eigenvalue weighted by atomic mass is 16.6. The van der Waals surface area contributed by atoms with Crippen LogP contribution < -0.4 is 11.1 Å². The lowest BCUT2D eigenvalue weighted by molar-refractivity contribution is -0.179. The van der Waals surface area contributed by atoms with Gasteiger partial charge in [0.05, 0.1) is 18.5 Å². The van der Waals surface area contributed by atoms with Crippen LogP contribution in [0.15, 0.2) is 4.99 Å². The van der Waals surface area contributed by atoms with Gasteiger partial charge in [-0.2, -0.15) is 0 Å². The number of carbonyl (C=O) groups excluding carboxylic acids is 4. The largest absolute Gasteiger partial charge is 0.444 e. The maximum absolute atomic E-state index is 13.2. The number of rotatable bonds is 5. The van der Waals surface area contributed by atoms with Gasteiger partial charge in [0.1, 0.15) is 23.7 Å². The van der Waals surface area contributed by atoms with Gasteiger partial charge in [-0.1, -0.05) is 0 Å². The minimum absolute atomic E-state index is 0.229. The molecule has 168 valence electrons. The number of hydrogen-bond donors (Lipinski definition) is 3. The third-order valence-electron chi connectivity index (χ3n) is 5.42. The van der Waals surface area contributed by atoms with E-state index in [2.05, 4.69) is 10.3 Å². The molecule has 1 spiro atoms. The number of ether oxygens (including phenoxy) is 1. The number of nitrogens with two attached hydrogens (primary N) is 1. The number of carbonyl (C=O) groups is 4.